The van der Waals surface area contributed by atoms with Crippen LogP contribution in [-0.2, 0) is 6.54 Å². The predicted octanol–water partition coefficient (Wildman–Crippen LogP) is 3.27. The Kier molecular flexibility index (Phi) is 5.36. The standard InChI is InChI=1S/C23H24N8O3/c1-5-31-11-15-19(30-31)20(26-12(2)21-24-7-6-8-25-21)18(23(32)29-15)22-27-13-9-16(33-3)17(34-4)10-14(13)28-22/h6-12,26H,5H2,1-4H3,(H,27,28)(H,29,32)/t12-/m0/s1. The molecule has 0 unspecified atom stereocenters. The van der Waals surface area contributed by atoms with E-state index in [4.69, 9.17) is 9.47 Å². The van der Waals surface area contributed by atoms with Gasteiger partial charge in [0.05, 0.1) is 42.5 Å². The van der Waals surface area contributed by atoms with E-state index in [0.29, 0.717) is 63.0 Å². The molecule has 4 aromatic heterocycles. The van der Waals surface area contributed by atoms with Gasteiger partial charge >= 0.3 is 0 Å². The van der Waals surface area contributed by atoms with E-state index in [0.717, 1.165) is 0 Å². The zero-order chi connectivity index (χ0) is 23.8. The number of aromatic nitrogens is 7. The predicted molar refractivity (Wildman–Crippen MR) is 128 cm³/mol. The average Bonchev–Trinajstić information content (AvgIpc) is 3.46. The van der Waals surface area contributed by atoms with E-state index < -0.39 is 0 Å². The topological polar surface area (TPSA) is 136 Å². The van der Waals surface area contributed by atoms with Gasteiger partial charge in [0.15, 0.2) is 11.5 Å². The van der Waals surface area contributed by atoms with Crippen molar-refractivity contribution in [3.8, 4) is 22.9 Å². The number of nitrogens with one attached hydrogen (secondary N) is 3. The highest BCUT2D eigenvalue weighted by Crippen LogP contribution is 2.35. The fourth-order valence-corrected chi connectivity index (χ4v) is 3.91. The minimum atomic E-state index is -0.301. The summed E-state index contributed by atoms with van der Waals surface area (Å²) in [6.45, 7) is 4.57. The van der Waals surface area contributed by atoms with Crippen LogP contribution in [0.2, 0.25) is 0 Å². The van der Waals surface area contributed by atoms with Crippen LogP contribution in [-0.4, -0.2) is 48.9 Å². The van der Waals surface area contributed by atoms with E-state index in [1.54, 1.807) is 49.5 Å². The number of pyridine rings is 1. The van der Waals surface area contributed by atoms with Crippen LogP contribution in [0, 0.1) is 0 Å². The van der Waals surface area contributed by atoms with Crippen molar-refractivity contribution < 1.29 is 9.47 Å². The minimum absolute atomic E-state index is 0.290. The first-order valence-electron chi connectivity index (χ1n) is 10.8. The molecule has 0 spiro atoms. The van der Waals surface area contributed by atoms with Crippen molar-refractivity contribution in [3.05, 3.63) is 53.0 Å². The summed E-state index contributed by atoms with van der Waals surface area (Å²) in [7, 11) is 3.13. The molecule has 0 saturated carbocycles. The second kappa shape index (κ2) is 8.50. The van der Waals surface area contributed by atoms with E-state index in [2.05, 4.69) is 35.3 Å². The van der Waals surface area contributed by atoms with Crippen molar-refractivity contribution in [1.29, 1.82) is 0 Å². The van der Waals surface area contributed by atoms with Crippen LogP contribution >= 0.6 is 0 Å². The number of fused-ring (bicyclic) bond motifs is 2. The molecule has 4 heterocycles. The van der Waals surface area contributed by atoms with Gasteiger partial charge < -0.3 is 24.8 Å². The van der Waals surface area contributed by atoms with E-state index in [1.165, 1.54) is 0 Å². The molecule has 1 atom stereocenters. The zero-order valence-electron chi connectivity index (χ0n) is 19.2. The van der Waals surface area contributed by atoms with Crippen molar-refractivity contribution in [2.24, 2.45) is 0 Å². The van der Waals surface area contributed by atoms with Crippen LogP contribution in [0.25, 0.3) is 33.5 Å². The van der Waals surface area contributed by atoms with Crippen molar-refractivity contribution >= 4 is 27.8 Å². The molecule has 11 nitrogen and oxygen atoms in total. The molecule has 5 aromatic rings. The maximum atomic E-state index is 13.3. The lowest BCUT2D eigenvalue weighted by Gasteiger charge is -2.16. The minimum Gasteiger partial charge on any atom is -0.493 e. The van der Waals surface area contributed by atoms with Gasteiger partial charge in [0.1, 0.15) is 22.7 Å². The number of benzene rings is 1. The second-order valence-corrected chi connectivity index (χ2v) is 7.73. The van der Waals surface area contributed by atoms with Crippen molar-refractivity contribution in [2.75, 3.05) is 19.5 Å². The molecule has 5 rings (SSSR count). The molecule has 3 N–H and O–H groups in total. The third-order valence-corrected chi connectivity index (χ3v) is 5.61. The van der Waals surface area contributed by atoms with Crippen LogP contribution in [0.1, 0.15) is 25.7 Å². The molecule has 0 amide bonds. The molecule has 174 valence electrons. The number of rotatable bonds is 7. The number of ether oxygens (including phenoxy) is 2. The number of H-pyrrole nitrogens is 2. The summed E-state index contributed by atoms with van der Waals surface area (Å²) in [6.07, 6.45) is 5.17. The Labute approximate surface area is 194 Å². The molecule has 0 aliphatic carbocycles. The summed E-state index contributed by atoms with van der Waals surface area (Å²) in [6, 6.07) is 5.02. The highest BCUT2D eigenvalue weighted by atomic mass is 16.5. The Hall–Kier alpha value is -4.41. The van der Waals surface area contributed by atoms with Gasteiger partial charge in [-0.15, -0.1) is 0 Å². The molecule has 0 saturated heterocycles. The number of nitrogens with zero attached hydrogens (tertiary/aromatic N) is 5. The summed E-state index contributed by atoms with van der Waals surface area (Å²) in [5, 5.41) is 8.08. The number of hydrogen-bond donors (Lipinski definition) is 3. The van der Waals surface area contributed by atoms with Gasteiger partial charge in [0, 0.05) is 37.3 Å². The van der Waals surface area contributed by atoms with Crippen LogP contribution in [0.4, 0.5) is 5.69 Å². The molecule has 11 heteroatoms. The van der Waals surface area contributed by atoms with Crippen LogP contribution < -0.4 is 20.3 Å². The van der Waals surface area contributed by atoms with Gasteiger partial charge in [-0.1, -0.05) is 0 Å². The monoisotopic (exact) mass is 460 g/mol. The first kappa shape index (κ1) is 21.4. The smallest absolute Gasteiger partial charge is 0.261 e. The average molecular weight is 460 g/mol. The van der Waals surface area contributed by atoms with E-state index in [-0.39, 0.29) is 11.6 Å². The first-order chi connectivity index (χ1) is 16.5. The summed E-state index contributed by atoms with van der Waals surface area (Å²) >= 11 is 0. The van der Waals surface area contributed by atoms with E-state index >= 15 is 0 Å². The van der Waals surface area contributed by atoms with Gasteiger partial charge in [0.2, 0.25) is 0 Å². The largest absolute Gasteiger partial charge is 0.493 e. The van der Waals surface area contributed by atoms with Gasteiger partial charge in [-0.05, 0) is 19.9 Å². The second-order valence-electron chi connectivity index (χ2n) is 7.73. The summed E-state index contributed by atoms with van der Waals surface area (Å²) < 4.78 is 12.6. The lowest BCUT2D eigenvalue weighted by Crippen LogP contribution is -2.17. The first-order valence-corrected chi connectivity index (χ1v) is 10.8. The number of aryl methyl sites for hydroxylation is 1. The quantitative estimate of drug-likeness (QED) is 0.337. The van der Waals surface area contributed by atoms with Gasteiger partial charge in [-0.3, -0.25) is 9.48 Å². The summed E-state index contributed by atoms with van der Waals surface area (Å²) in [4.78, 5) is 32.9. The van der Waals surface area contributed by atoms with E-state index in [1.807, 2.05) is 20.0 Å². The highest BCUT2D eigenvalue weighted by Gasteiger charge is 2.23. The Morgan fingerprint density at radius 2 is 1.82 bits per heavy atom. The maximum absolute atomic E-state index is 13.3. The molecule has 0 aliphatic rings. The van der Waals surface area contributed by atoms with Crippen LogP contribution in [0.3, 0.4) is 0 Å². The zero-order valence-corrected chi connectivity index (χ0v) is 19.2. The maximum Gasteiger partial charge on any atom is 0.261 e. The van der Waals surface area contributed by atoms with Crippen LogP contribution in [0.5, 0.6) is 11.5 Å². The van der Waals surface area contributed by atoms with Crippen molar-refractivity contribution in [3.63, 3.8) is 0 Å². The summed E-state index contributed by atoms with van der Waals surface area (Å²) in [5.41, 5.74) is 3.17. The van der Waals surface area contributed by atoms with Crippen molar-refractivity contribution in [2.45, 2.75) is 26.4 Å². The number of anilines is 1. The van der Waals surface area contributed by atoms with Crippen LogP contribution in [0.15, 0.2) is 41.6 Å². The van der Waals surface area contributed by atoms with Gasteiger partial charge in [0.25, 0.3) is 5.56 Å². The van der Waals surface area contributed by atoms with E-state index in [9.17, 15) is 4.79 Å². The molecule has 1 aromatic carbocycles. The molecule has 0 fully saturated rings. The fourth-order valence-electron chi connectivity index (χ4n) is 3.91. The molecule has 0 aliphatic heterocycles. The Balaban J connectivity index is 1.72. The number of methoxy groups -OCH3 is 2. The number of hydrogen-bond acceptors (Lipinski definition) is 8. The lowest BCUT2D eigenvalue weighted by atomic mass is 10.1. The van der Waals surface area contributed by atoms with Gasteiger partial charge in [-0.2, -0.15) is 5.10 Å². The number of imidazole rings is 1. The molecule has 34 heavy (non-hydrogen) atoms. The molecular formula is C23H24N8O3. The lowest BCUT2D eigenvalue weighted by molar-refractivity contribution is 0.356. The molecule has 0 bridgehead atoms. The Morgan fingerprint density at radius 3 is 2.53 bits per heavy atom. The highest BCUT2D eigenvalue weighted by molar-refractivity contribution is 5.96. The number of aromatic amines is 2. The Bertz CT molecular complexity index is 1500. The fraction of sp³-hybridized carbons (Fsp3) is 0.261. The van der Waals surface area contributed by atoms with Gasteiger partial charge in [-0.25, -0.2) is 15.0 Å². The third kappa shape index (κ3) is 3.60. The molecular weight excluding hydrogens is 436 g/mol. The Morgan fingerprint density at radius 1 is 1.09 bits per heavy atom. The molecule has 0 radical (unpaired) electrons. The normalized spacial score (nSPS) is 12.2. The van der Waals surface area contributed by atoms with Crippen molar-refractivity contribution in [1.82, 2.24) is 34.7 Å². The SMILES string of the molecule is CCn1cc2[nH]c(=O)c(-c3nc4cc(OC)c(OC)cc4[nH]3)c(N[C@@H](C)c3ncccn3)c2n1. The summed E-state index contributed by atoms with van der Waals surface area (Å²) in [5.74, 6) is 2.09. The third-order valence-electron chi connectivity index (χ3n) is 5.61.